The molecule has 0 N–H and O–H groups in total. The minimum absolute atomic E-state index is 0.0479. The minimum Gasteiger partial charge on any atom is -0.494 e. The predicted octanol–water partition coefficient (Wildman–Crippen LogP) is 7.18. The predicted molar refractivity (Wildman–Crippen MR) is 147 cm³/mol. The lowest BCUT2D eigenvalue weighted by molar-refractivity contribution is 0.103. The molecule has 0 aromatic heterocycles. The van der Waals surface area contributed by atoms with E-state index in [0.29, 0.717) is 22.3 Å². The smallest absolute Gasteiger partial charge is 0.223 e. The molecule has 8 heteroatoms. The molecule has 0 heterocycles. The molecule has 0 fully saturated rings. The van der Waals surface area contributed by atoms with Gasteiger partial charge in [-0.3, -0.25) is 9.59 Å². The third-order valence-electron chi connectivity index (χ3n) is 6.02. The van der Waals surface area contributed by atoms with Gasteiger partial charge in [0, 0.05) is 11.1 Å². The van der Waals surface area contributed by atoms with Gasteiger partial charge in [0.05, 0.1) is 29.8 Å². The van der Waals surface area contributed by atoms with Crippen molar-refractivity contribution in [3.63, 3.8) is 0 Å². The first-order valence-electron chi connectivity index (χ1n) is 11.3. The van der Waals surface area contributed by atoms with Gasteiger partial charge in [0.2, 0.25) is 5.52 Å². The fraction of sp³-hybridized carbons (Fsp3) is 0.286. The average Bonchev–Trinajstić information content (AvgIpc) is 2.82. The van der Waals surface area contributed by atoms with Crippen LogP contribution in [0.5, 0.6) is 11.5 Å². The van der Waals surface area contributed by atoms with E-state index < -0.39 is 19.1 Å². The van der Waals surface area contributed by atoms with E-state index in [1.807, 2.05) is 26.0 Å². The van der Waals surface area contributed by atoms with Crippen LogP contribution in [0.1, 0.15) is 63.7 Å². The lowest BCUT2D eigenvalue weighted by Gasteiger charge is -2.22. The van der Waals surface area contributed by atoms with Gasteiger partial charge in [0.25, 0.3) is 0 Å². The molecule has 0 aliphatic heterocycles. The van der Waals surface area contributed by atoms with Gasteiger partial charge in [-0.1, -0.05) is 86.4 Å². The van der Waals surface area contributed by atoms with E-state index >= 15 is 0 Å². The molecule has 190 valence electrons. The molecule has 3 rings (SSSR count). The van der Waals surface area contributed by atoms with Crippen molar-refractivity contribution in [1.29, 1.82) is 0 Å². The van der Waals surface area contributed by atoms with E-state index in [0.717, 1.165) is 5.56 Å². The molecule has 5 nitrogen and oxygen atoms in total. The van der Waals surface area contributed by atoms with Crippen LogP contribution >= 0.6 is 31.0 Å². The third-order valence-corrected chi connectivity index (χ3v) is 8.31. The zero-order valence-electron chi connectivity index (χ0n) is 21.3. The van der Waals surface area contributed by atoms with Crippen LogP contribution in [0.3, 0.4) is 0 Å². The molecule has 1 unspecified atom stereocenters. The van der Waals surface area contributed by atoms with Gasteiger partial charge in [-0.15, -0.1) is 0 Å². The number of carbonyl (C=O) groups is 2. The normalized spacial score (nSPS) is 12.2. The van der Waals surface area contributed by atoms with Crippen LogP contribution in [0.4, 0.5) is 0 Å². The highest BCUT2D eigenvalue weighted by atomic mass is 35.5. The van der Waals surface area contributed by atoms with Crippen molar-refractivity contribution in [2.24, 2.45) is 0 Å². The molecule has 0 amide bonds. The van der Waals surface area contributed by atoms with Crippen molar-refractivity contribution in [3.05, 3.63) is 85.9 Å². The number of ketones is 1. The number of rotatable bonds is 7. The van der Waals surface area contributed by atoms with E-state index in [1.165, 1.54) is 14.2 Å². The van der Waals surface area contributed by atoms with Gasteiger partial charge in [-0.05, 0) is 36.0 Å². The molecular weight excluding hydrogens is 518 g/mol. The number of methoxy groups -OCH3 is 2. The van der Waals surface area contributed by atoms with Crippen LogP contribution in [-0.4, -0.2) is 25.5 Å². The first-order chi connectivity index (χ1) is 16.8. The Labute approximate surface area is 222 Å². The van der Waals surface area contributed by atoms with E-state index in [4.69, 9.17) is 32.7 Å². The van der Waals surface area contributed by atoms with Crippen molar-refractivity contribution in [2.75, 3.05) is 14.2 Å². The fourth-order valence-electron chi connectivity index (χ4n) is 4.15. The molecule has 0 spiro atoms. The number of hydrogen-bond donors (Lipinski definition) is 0. The maximum Gasteiger partial charge on any atom is 0.223 e. The second-order valence-corrected chi connectivity index (χ2v) is 11.9. The molecule has 0 saturated heterocycles. The number of hydrogen-bond acceptors (Lipinski definition) is 5. The SMILES string of the molecule is COc1c(Cl)c(C(=O)c2ccccc2)c(Cl)c(OC)c1[PH](=O)C(=O)c1c(C)cc(C(C)(C)C)cc1C. The van der Waals surface area contributed by atoms with Crippen LogP contribution in [-0.2, 0) is 9.98 Å². The number of aryl methyl sites for hydroxylation is 2. The van der Waals surface area contributed by atoms with Gasteiger partial charge in [-0.2, -0.15) is 0 Å². The maximum absolute atomic E-state index is 13.8. The second-order valence-electron chi connectivity index (χ2n) is 9.53. The summed E-state index contributed by atoms with van der Waals surface area (Å²) in [6.45, 7) is 9.90. The number of carbonyl (C=O) groups excluding carboxylic acids is 2. The summed E-state index contributed by atoms with van der Waals surface area (Å²) in [5.41, 5.74) is 2.49. The molecule has 1 atom stereocenters. The molecule has 0 bridgehead atoms. The van der Waals surface area contributed by atoms with Crippen molar-refractivity contribution >= 4 is 47.6 Å². The van der Waals surface area contributed by atoms with Crippen LogP contribution in [0, 0.1) is 13.8 Å². The molecular formula is C28H29Cl2O5P. The fourth-order valence-corrected chi connectivity index (χ4v) is 6.78. The highest BCUT2D eigenvalue weighted by Crippen LogP contribution is 2.46. The summed E-state index contributed by atoms with van der Waals surface area (Å²) in [4.78, 5) is 26.9. The summed E-state index contributed by atoms with van der Waals surface area (Å²) in [5.74, 6) is -0.601. The molecule has 3 aromatic rings. The Balaban J connectivity index is 2.21. The zero-order chi connectivity index (χ0) is 26.9. The lowest BCUT2D eigenvalue weighted by Crippen LogP contribution is -2.17. The van der Waals surface area contributed by atoms with Gasteiger partial charge < -0.3 is 14.0 Å². The topological polar surface area (TPSA) is 69.7 Å². The Bertz CT molecular complexity index is 1320. The number of ether oxygens (including phenoxy) is 2. The van der Waals surface area contributed by atoms with Crippen molar-refractivity contribution < 1.29 is 23.6 Å². The summed E-state index contributed by atoms with van der Waals surface area (Å²) in [7, 11) is -0.597. The van der Waals surface area contributed by atoms with E-state index in [-0.39, 0.29) is 37.8 Å². The van der Waals surface area contributed by atoms with Gasteiger partial charge in [0.1, 0.15) is 5.30 Å². The van der Waals surface area contributed by atoms with E-state index in [2.05, 4.69) is 20.8 Å². The van der Waals surface area contributed by atoms with E-state index in [9.17, 15) is 14.2 Å². The first-order valence-corrected chi connectivity index (χ1v) is 13.4. The van der Waals surface area contributed by atoms with Crippen LogP contribution in [0.15, 0.2) is 42.5 Å². The summed E-state index contributed by atoms with van der Waals surface area (Å²) < 4.78 is 24.8. The van der Waals surface area contributed by atoms with Gasteiger partial charge in [0.15, 0.2) is 25.1 Å². The van der Waals surface area contributed by atoms with Crippen LogP contribution in [0.25, 0.3) is 0 Å². The zero-order valence-corrected chi connectivity index (χ0v) is 23.9. The Morgan fingerprint density at radius 2 is 1.31 bits per heavy atom. The highest BCUT2D eigenvalue weighted by Gasteiger charge is 2.34. The summed E-state index contributed by atoms with van der Waals surface area (Å²) in [6.07, 6.45) is 0. The van der Waals surface area contributed by atoms with Crippen molar-refractivity contribution in [1.82, 2.24) is 0 Å². The van der Waals surface area contributed by atoms with E-state index in [1.54, 1.807) is 30.3 Å². The summed E-state index contributed by atoms with van der Waals surface area (Å²) >= 11 is 13.2. The standard InChI is InChI=1S/C28H29Cl2O5P/c1-15-13-18(28(3,4)5)14-16(2)19(15)27(32)36(33)26-24(34-6)21(29)20(22(30)25(26)35-7)23(31)17-11-9-8-10-12-17/h8-14,36H,1-7H3. The van der Waals surface area contributed by atoms with Crippen LogP contribution < -0.4 is 14.8 Å². The maximum atomic E-state index is 13.8. The Kier molecular flexibility index (Phi) is 8.40. The van der Waals surface area contributed by atoms with Crippen LogP contribution in [0.2, 0.25) is 10.0 Å². The third kappa shape index (κ3) is 5.11. The second kappa shape index (κ2) is 10.8. The molecule has 0 saturated carbocycles. The van der Waals surface area contributed by atoms with Gasteiger partial charge >= 0.3 is 0 Å². The Hall–Kier alpha value is -2.59. The average molecular weight is 547 g/mol. The monoisotopic (exact) mass is 546 g/mol. The number of halogens is 2. The molecule has 0 aliphatic rings. The minimum atomic E-state index is -3.24. The Morgan fingerprint density at radius 3 is 1.72 bits per heavy atom. The van der Waals surface area contributed by atoms with Crippen molar-refractivity contribution in [3.8, 4) is 11.5 Å². The quantitative estimate of drug-likeness (QED) is 0.232. The molecule has 3 aromatic carbocycles. The number of benzene rings is 3. The van der Waals surface area contributed by atoms with Gasteiger partial charge in [-0.25, -0.2) is 0 Å². The first kappa shape index (κ1) is 28.0. The molecule has 36 heavy (non-hydrogen) atoms. The Morgan fingerprint density at radius 1 is 0.833 bits per heavy atom. The highest BCUT2D eigenvalue weighted by molar-refractivity contribution is 7.72. The molecule has 0 aliphatic carbocycles. The largest absolute Gasteiger partial charge is 0.494 e. The molecule has 0 radical (unpaired) electrons. The summed E-state index contributed by atoms with van der Waals surface area (Å²) in [6, 6.07) is 12.3. The lowest BCUT2D eigenvalue weighted by atomic mass is 9.84. The summed E-state index contributed by atoms with van der Waals surface area (Å²) in [5, 5.41) is -0.307. The van der Waals surface area contributed by atoms with Crippen molar-refractivity contribution in [2.45, 2.75) is 40.0 Å².